The molecule has 8 aliphatic rings. The number of allylic oxidation sites excluding steroid dienone is 19. The maximum atomic E-state index is 5.32. The van der Waals surface area contributed by atoms with Gasteiger partial charge in [0.15, 0.2) is 5.84 Å². The maximum absolute atomic E-state index is 5.32. The topological polar surface area (TPSA) is 48.8 Å². The fourth-order valence-corrected chi connectivity index (χ4v) is 10.1. The quantitative estimate of drug-likeness (QED) is 0.249. The van der Waals surface area contributed by atoms with Gasteiger partial charge in [-0.1, -0.05) is 152 Å². The largest absolute Gasteiger partial charge is 0.381 e. The predicted molar refractivity (Wildman–Crippen MR) is 248 cm³/mol. The van der Waals surface area contributed by atoms with Gasteiger partial charge in [0.1, 0.15) is 12.0 Å². The molecule has 6 unspecified atom stereocenters. The van der Waals surface area contributed by atoms with Gasteiger partial charge >= 0.3 is 0 Å². The number of nitrogens with one attached hydrogen (secondary N) is 2. The third-order valence-electron chi connectivity index (χ3n) is 13.5. The lowest BCUT2D eigenvalue weighted by Crippen LogP contribution is -2.40. The Morgan fingerprint density at radius 1 is 0.627 bits per heavy atom. The molecule has 6 aliphatic carbocycles. The molecule has 0 fully saturated rings. The van der Waals surface area contributed by atoms with Gasteiger partial charge in [-0.2, -0.15) is 0 Å². The third kappa shape index (κ3) is 8.28. The van der Waals surface area contributed by atoms with E-state index >= 15 is 0 Å². The van der Waals surface area contributed by atoms with Crippen LogP contribution in [0.3, 0.4) is 0 Å². The van der Waals surface area contributed by atoms with Crippen LogP contribution < -0.4 is 10.6 Å². The van der Waals surface area contributed by atoms with Gasteiger partial charge in [-0.15, -0.1) is 0 Å². The summed E-state index contributed by atoms with van der Waals surface area (Å²) in [7, 11) is 0. The molecular weight excluding hydrogens is 717 g/mol. The first-order valence-electron chi connectivity index (χ1n) is 22.3. The number of rotatable bonds is 9. The summed E-state index contributed by atoms with van der Waals surface area (Å²) in [6.07, 6.45) is 53.6. The van der Waals surface area contributed by atoms with Crippen molar-refractivity contribution in [2.45, 2.75) is 82.8 Å². The van der Waals surface area contributed by atoms with Crippen molar-refractivity contribution in [3.63, 3.8) is 0 Å². The number of hydrogen-bond acceptors (Lipinski definition) is 4. The second kappa shape index (κ2) is 17.2. The van der Waals surface area contributed by atoms with Crippen molar-refractivity contribution >= 4 is 22.8 Å². The van der Waals surface area contributed by atoms with Crippen LogP contribution in [0.1, 0.15) is 98.9 Å². The summed E-state index contributed by atoms with van der Waals surface area (Å²) in [5.74, 6) is 3.81. The lowest BCUT2D eigenvalue weighted by molar-refractivity contribution is 0.474. The van der Waals surface area contributed by atoms with Crippen LogP contribution in [0.5, 0.6) is 0 Å². The van der Waals surface area contributed by atoms with Crippen LogP contribution in [0, 0.1) is 23.7 Å². The Labute approximate surface area is 351 Å². The molecule has 0 spiro atoms. The maximum Gasteiger partial charge on any atom is 0.155 e. The number of nitrogens with zero attached hydrogens (tertiary/aromatic N) is 2. The van der Waals surface area contributed by atoms with Crippen molar-refractivity contribution in [2.75, 3.05) is 0 Å². The Bertz CT molecular complexity index is 2380. The highest BCUT2D eigenvalue weighted by atomic mass is 15.2. The van der Waals surface area contributed by atoms with E-state index in [2.05, 4.69) is 169 Å². The molecule has 0 radical (unpaired) electrons. The van der Waals surface area contributed by atoms with Gasteiger partial charge in [-0.25, -0.2) is 9.98 Å². The minimum absolute atomic E-state index is 0.186. The minimum atomic E-state index is -0.186. The van der Waals surface area contributed by atoms with Gasteiger partial charge in [-0.3, -0.25) is 0 Å². The fourth-order valence-electron chi connectivity index (χ4n) is 10.1. The molecule has 10 rings (SSSR count). The second-order valence-electron chi connectivity index (χ2n) is 17.3. The van der Waals surface area contributed by atoms with E-state index in [9.17, 15) is 0 Å². The Morgan fingerprint density at radius 3 is 2.22 bits per heavy atom. The molecule has 296 valence electrons. The summed E-state index contributed by atoms with van der Waals surface area (Å²) in [6, 6.07) is 18.5. The average Bonchev–Trinajstić information content (AvgIpc) is 3.79. The number of benzene rings is 2. The van der Waals surface area contributed by atoms with Crippen molar-refractivity contribution < 1.29 is 0 Å². The predicted octanol–water partition coefficient (Wildman–Crippen LogP) is 12.7. The van der Waals surface area contributed by atoms with E-state index in [0.29, 0.717) is 29.7 Å². The molecule has 0 bridgehead atoms. The fraction of sp³-hybridized carbons (Fsp3) is 0.309. The van der Waals surface area contributed by atoms with Crippen LogP contribution in [0.25, 0.3) is 11.1 Å². The summed E-state index contributed by atoms with van der Waals surface area (Å²) in [5.41, 5.74) is 13.2. The summed E-state index contributed by atoms with van der Waals surface area (Å²) in [5, 5.41) is 7.82. The van der Waals surface area contributed by atoms with Crippen LogP contribution in [0.15, 0.2) is 190 Å². The summed E-state index contributed by atoms with van der Waals surface area (Å²) in [4.78, 5) is 10.6. The zero-order chi connectivity index (χ0) is 39.4. The summed E-state index contributed by atoms with van der Waals surface area (Å²) in [6.45, 7) is 0. The normalized spacial score (nSPS) is 28.6. The van der Waals surface area contributed by atoms with Gasteiger partial charge in [-0.05, 0) is 133 Å². The highest BCUT2D eigenvalue weighted by molar-refractivity contribution is 6.13. The Hall–Kier alpha value is -5.74. The van der Waals surface area contributed by atoms with E-state index in [0.717, 1.165) is 68.6 Å². The van der Waals surface area contributed by atoms with Gasteiger partial charge in [0.25, 0.3) is 0 Å². The van der Waals surface area contributed by atoms with Crippen LogP contribution in [-0.4, -0.2) is 17.8 Å². The van der Waals surface area contributed by atoms with E-state index < -0.39 is 0 Å². The molecule has 0 amide bonds. The van der Waals surface area contributed by atoms with E-state index in [4.69, 9.17) is 9.98 Å². The van der Waals surface area contributed by atoms with Gasteiger partial charge in [0.05, 0.1) is 6.04 Å². The van der Waals surface area contributed by atoms with Gasteiger partial charge in [0.2, 0.25) is 0 Å². The van der Waals surface area contributed by atoms with Gasteiger partial charge < -0.3 is 10.6 Å². The highest BCUT2D eigenvalue weighted by Crippen LogP contribution is 2.42. The molecule has 0 saturated carbocycles. The standard InChI is InChI=1S/C55H56N4/c1-5-14-38(15-6-1)40-24-30-45(31-25-40)53-57-54(46-32-26-41(27-33-46)39-16-7-2-8-17-39)59-55(58-53)47-34-28-42(29-35-47)48-22-13-23-49(36-48)51-37-50(43-18-9-3-10-19-43)52(56-51)44-20-11-4-12-21-44/h1,3,5-7,9-11,13-14,16-18,20,22-24,26-28,30-34,36,38,40,43-44,51,53,56H,2,4,8,12,15,19,21,25,29,35,37H2,(H,57,58,59). The summed E-state index contributed by atoms with van der Waals surface area (Å²) >= 11 is 0. The second-order valence-corrected chi connectivity index (χ2v) is 17.3. The summed E-state index contributed by atoms with van der Waals surface area (Å²) < 4.78 is 0. The van der Waals surface area contributed by atoms with E-state index in [1.807, 2.05) is 0 Å². The SMILES string of the molecule is C1=CCC(C2=C(C3C=CCCC3)NC(c3cccc(C4=CC=C(C5=NC(C6=CCC(C7C=CC=CC7)C=C6)NC(c6ccc(C7=CCCC=C7)cc6)=N5)CC4)c3)C2)C=C1. The third-order valence-corrected chi connectivity index (χ3v) is 13.5. The van der Waals surface area contributed by atoms with Crippen molar-refractivity contribution in [1.29, 1.82) is 0 Å². The minimum Gasteiger partial charge on any atom is -0.381 e. The first-order valence-corrected chi connectivity index (χ1v) is 22.3. The smallest absolute Gasteiger partial charge is 0.155 e. The molecule has 2 heterocycles. The van der Waals surface area contributed by atoms with Crippen molar-refractivity contribution in [3.05, 3.63) is 203 Å². The molecule has 2 N–H and O–H groups in total. The van der Waals surface area contributed by atoms with Crippen molar-refractivity contribution in [1.82, 2.24) is 10.6 Å². The van der Waals surface area contributed by atoms with E-state index in [1.54, 1.807) is 5.57 Å². The van der Waals surface area contributed by atoms with Crippen molar-refractivity contribution in [3.8, 4) is 0 Å². The first kappa shape index (κ1) is 37.5. The molecule has 2 aromatic rings. The molecule has 6 atom stereocenters. The molecular formula is C55H56N4. The molecule has 2 aromatic carbocycles. The Morgan fingerprint density at radius 2 is 1.47 bits per heavy atom. The number of amidine groups is 2. The average molecular weight is 773 g/mol. The number of hydrogen-bond donors (Lipinski definition) is 2. The Balaban J connectivity index is 0.902. The van der Waals surface area contributed by atoms with Crippen molar-refractivity contribution in [2.24, 2.45) is 33.7 Å². The molecule has 4 heteroatoms. The molecule has 0 saturated heterocycles. The van der Waals surface area contributed by atoms with Crippen LogP contribution in [0.4, 0.5) is 0 Å². The molecule has 4 nitrogen and oxygen atoms in total. The molecule has 0 aromatic heterocycles. The molecule has 2 aliphatic heterocycles. The monoisotopic (exact) mass is 772 g/mol. The first-order chi connectivity index (χ1) is 29.2. The molecule has 59 heavy (non-hydrogen) atoms. The van der Waals surface area contributed by atoms with E-state index in [1.165, 1.54) is 63.9 Å². The number of aliphatic imine (C=N–C) groups is 2. The van der Waals surface area contributed by atoms with E-state index in [-0.39, 0.29) is 6.17 Å². The zero-order valence-corrected chi connectivity index (χ0v) is 34.1. The zero-order valence-electron chi connectivity index (χ0n) is 34.1. The van der Waals surface area contributed by atoms with Crippen LogP contribution >= 0.6 is 0 Å². The van der Waals surface area contributed by atoms with Crippen LogP contribution in [-0.2, 0) is 0 Å². The highest BCUT2D eigenvalue weighted by Gasteiger charge is 2.33. The lowest BCUT2D eigenvalue weighted by atomic mass is 9.81. The van der Waals surface area contributed by atoms with Gasteiger partial charge in [0, 0.05) is 23.1 Å². The lowest BCUT2D eigenvalue weighted by Gasteiger charge is -2.29. The Kier molecular flexibility index (Phi) is 11.0. The van der Waals surface area contributed by atoms with Crippen LogP contribution in [0.2, 0.25) is 0 Å².